The minimum absolute atomic E-state index is 0.413. The molecule has 2 heteroatoms. The van der Waals surface area contributed by atoms with Crippen molar-refractivity contribution < 1.29 is 4.74 Å². The normalized spacial score (nSPS) is 14.3. The van der Waals surface area contributed by atoms with E-state index in [0.717, 1.165) is 5.75 Å². The van der Waals surface area contributed by atoms with E-state index in [9.17, 15) is 0 Å². The quantitative estimate of drug-likeness (QED) is 0.868. The minimum Gasteiger partial charge on any atom is -0.497 e. The van der Waals surface area contributed by atoms with Gasteiger partial charge in [-0.25, -0.2) is 0 Å². The van der Waals surface area contributed by atoms with E-state index in [2.05, 4.69) is 49.5 Å². The van der Waals surface area contributed by atoms with Gasteiger partial charge in [-0.3, -0.25) is 0 Å². The molecule has 0 bridgehead atoms. The summed E-state index contributed by atoms with van der Waals surface area (Å²) in [5.74, 6) is 1.54. The van der Waals surface area contributed by atoms with Crippen molar-refractivity contribution in [3.05, 3.63) is 42.0 Å². The molecule has 0 aliphatic rings. The zero-order valence-corrected chi connectivity index (χ0v) is 12.2. The first-order valence-electron chi connectivity index (χ1n) is 6.94. The van der Waals surface area contributed by atoms with Crippen LogP contribution in [-0.4, -0.2) is 14.2 Å². The average Bonchev–Trinajstić information content (AvgIpc) is 2.47. The molecule has 102 valence electrons. The summed E-state index contributed by atoms with van der Waals surface area (Å²) >= 11 is 0. The fraction of sp³-hybridized carbons (Fsp3) is 0.412. The Labute approximate surface area is 115 Å². The van der Waals surface area contributed by atoms with E-state index >= 15 is 0 Å². The van der Waals surface area contributed by atoms with Crippen molar-refractivity contribution in [3.8, 4) is 5.75 Å². The fourth-order valence-corrected chi connectivity index (χ4v) is 2.58. The number of rotatable bonds is 5. The molecule has 0 aliphatic heterocycles. The van der Waals surface area contributed by atoms with E-state index in [1.165, 1.54) is 22.8 Å². The number of ether oxygens (including phenoxy) is 1. The molecule has 0 aromatic heterocycles. The predicted octanol–water partition coefficient (Wildman–Crippen LogP) is 4.16. The fourth-order valence-electron chi connectivity index (χ4n) is 2.58. The van der Waals surface area contributed by atoms with Gasteiger partial charge < -0.3 is 10.1 Å². The Hall–Kier alpha value is -1.54. The minimum atomic E-state index is 0.413. The van der Waals surface area contributed by atoms with Crippen LogP contribution < -0.4 is 10.1 Å². The molecule has 0 radical (unpaired) electrons. The third kappa shape index (κ3) is 2.90. The monoisotopic (exact) mass is 257 g/mol. The van der Waals surface area contributed by atoms with Crippen LogP contribution in [-0.2, 0) is 0 Å². The van der Waals surface area contributed by atoms with Crippen LogP contribution in [0.25, 0.3) is 10.8 Å². The Bertz CT molecular complexity index is 550. The highest BCUT2D eigenvalue weighted by atomic mass is 16.5. The summed E-state index contributed by atoms with van der Waals surface area (Å²) in [4.78, 5) is 0. The second-order valence-electron chi connectivity index (χ2n) is 5.12. The van der Waals surface area contributed by atoms with Crippen LogP contribution in [0.15, 0.2) is 36.4 Å². The van der Waals surface area contributed by atoms with Gasteiger partial charge >= 0.3 is 0 Å². The molecule has 0 fully saturated rings. The Morgan fingerprint density at radius 3 is 2.42 bits per heavy atom. The molecule has 1 N–H and O–H groups in total. The number of fused-ring (bicyclic) bond motifs is 1. The number of nitrogens with one attached hydrogen (secondary N) is 1. The van der Waals surface area contributed by atoms with Gasteiger partial charge in [0.1, 0.15) is 5.75 Å². The van der Waals surface area contributed by atoms with Crippen LogP contribution in [0, 0.1) is 5.92 Å². The van der Waals surface area contributed by atoms with Crippen molar-refractivity contribution in [3.63, 3.8) is 0 Å². The molecular formula is C17H23NO. The maximum absolute atomic E-state index is 5.26. The molecule has 0 amide bonds. The Morgan fingerprint density at radius 1 is 1.11 bits per heavy atom. The molecule has 0 heterocycles. The van der Waals surface area contributed by atoms with E-state index in [0.29, 0.717) is 12.0 Å². The van der Waals surface area contributed by atoms with Crippen LogP contribution >= 0.6 is 0 Å². The highest BCUT2D eigenvalue weighted by Gasteiger charge is 2.16. The lowest BCUT2D eigenvalue weighted by Crippen LogP contribution is -2.22. The molecule has 2 aromatic carbocycles. The van der Waals surface area contributed by atoms with Gasteiger partial charge in [-0.1, -0.05) is 38.5 Å². The second-order valence-corrected chi connectivity index (χ2v) is 5.12. The standard InChI is InChI=1S/C17H23NO/c1-5-12(2)17(18-3)15-7-6-14-11-16(19-4)9-8-13(14)10-15/h6-12,17-18H,5H2,1-4H3. The van der Waals surface area contributed by atoms with E-state index in [1.807, 2.05) is 13.1 Å². The number of hydrogen-bond donors (Lipinski definition) is 1. The predicted molar refractivity (Wildman–Crippen MR) is 81.8 cm³/mol. The molecule has 2 atom stereocenters. The van der Waals surface area contributed by atoms with Crippen molar-refractivity contribution in [2.75, 3.05) is 14.2 Å². The molecule has 0 saturated carbocycles. The third-order valence-corrected chi connectivity index (χ3v) is 3.95. The molecule has 2 unspecified atom stereocenters. The summed E-state index contributed by atoms with van der Waals surface area (Å²) in [5, 5.41) is 5.92. The van der Waals surface area contributed by atoms with Gasteiger partial charge in [-0.15, -0.1) is 0 Å². The molecule has 0 spiro atoms. The van der Waals surface area contributed by atoms with Crippen LogP contribution in [0.3, 0.4) is 0 Å². The zero-order chi connectivity index (χ0) is 13.8. The van der Waals surface area contributed by atoms with Crippen LogP contribution in [0.5, 0.6) is 5.75 Å². The largest absolute Gasteiger partial charge is 0.497 e. The SMILES string of the molecule is CCC(C)C(NC)c1ccc2cc(OC)ccc2c1. The second kappa shape index (κ2) is 6.07. The molecule has 2 nitrogen and oxygen atoms in total. The molecule has 2 aromatic rings. The van der Waals surface area contributed by atoms with Gasteiger partial charge in [-0.2, -0.15) is 0 Å². The molecule has 0 saturated heterocycles. The van der Waals surface area contributed by atoms with E-state index < -0.39 is 0 Å². The first-order valence-corrected chi connectivity index (χ1v) is 6.94. The smallest absolute Gasteiger partial charge is 0.119 e. The highest BCUT2D eigenvalue weighted by molar-refractivity contribution is 5.84. The van der Waals surface area contributed by atoms with E-state index in [4.69, 9.17) is 4.74 Å². The van der Waals surface area contributed by atoms with Crippen molar-refractivity contribution in [1.29, 1.82) is 0 Å². The van der Waals surface area contributed by atoms with Gasteiger partial charge in [0, 0.05) is 6.04 Å². The maximum Gasteiger partial charge on any atom is 0.119 e. The van der Waals surface area contributed by atoms with Gasteiger partial charge in [0.15, 0.2) is 0 Å². The van der Waals surface area contributed by atoms with E-state index in [1.54, 1.807) is 7.11 Å². The van der Waals surface area contributed by atoms with Gasteiger partial charge in [-0.05, 0) is 47.5 Å². The zero-order valence-electron chi connectivity index (χ0n) is 12.2. The Morgan fingerprint density at radius 2 is 1.79 bits per heavy atom. The van der Waals surface area contributed by atoms with Gasteiger partial charge in [0.2, 0.25) is 0 Å². The lowest BCUT2D eigenvalue weighted by atomic mass is 9.91. The molecule has 0 aliphatic carbocycles. The number of benzene rings is 2. The summed E-state index contributed by atoms with van der Waals surface area (Å²) in [5.41, 5.74) is 1.36. The summed E-state index contributed by atoms with van der Waals surface area (Å²) in [7, 11) is 3.74. The maximum atomic E-state index is 5.26. The summed E-state index contributed by atoms with van der Waals surface area (Å²) in [6.07, 6.45) is 1.17. The molecule has 19 heavy (non-hydrogen) atoms. The van der Waals surface area contributed by atoms with Crippen LogP contribution in [0.2, 0.25) is 0 Å². The van der Waals surface area contributed by atoms with E-state index in [-0.39, 0.29) is 0 Å². The third-order valence-electron chi connectivity index (χ3n) is 3.95. The lowest BCUT2D eigenvalue weighted by Gasteiger charge is -2.23. The Kier molecular flexibility index (Phi) is 4.43. The van der Waals surface area contributed by atoms with Gasteiger partial charge in [0.05, 0.1) is 7.11 Å². The first-order chi connectivity index (χ1) is 9.19. The Balaban J connectivity index is 2.40. The van der Waals surface area contributed by atoms with Crippen molar-refractivity contribution in [1.82, 2.24) is 5.32 Å². The van der Waals surface area contributed by atoms with Crippen molar-refractivity contribution >= 4 is 10.8 Å². The topological polar surface area (TPSA) is 21.3 Å². The average molecular weight is 257 g/mol. The van der Waals surface area contributed by atoms with Crippen LogP contribution in [0.4, 0.5) is 0 Å². The summed E-state index contributed by atoms with van der Waals surface area (Å²) < 4.78 is 5.26. The van der Waals surface area contributed by atoms with Crippen LogP contribution in [0.1, 0.15) is 31.9 Å². The summed E-state index contributed by atoms with van der Waals surface area (Å²) in [6.45, 7) is 4.53. The van der Waals surface area contributed by atoms with Crippen molar-refractivity contribution in [2.24, 2.45) is 5.92 Å². The molecule has 2 rings (SSSR count). The lowest BCUT2D eigenvalue weighted by molar-refractivity contribution is 0.401. The highest BCUT2D eigenvalue weighted by Crippen LogP contribution is 2.28. The van der Waals surface area contributed by atoms with Gasteiger partial charge in [0.25, 0.3) is 0 Å². The number of methoxy groups -OCH3 is 1. The summed E-state index contributed by atoms with van der Waals surface area (Å²) in [6, 6.07) is 13.3. The first kappa shape index (κ1) is 13.9. The molecular weight excluding hydrogens is 234 g/mol. The van der Waals surface area contributed by atoms with Crippen molar-refractivity contribution in [2.45, 2.75) is 26.3 Å². The number of hydrogen-bond acceptors (Lipinski definition) is 2.